The van der Waals surface area contributed by atoms with E-state index >= 15 is 0 Å². The van der Waals surface area contributed by atoms with Gasteiger partial charge in [-0.1, -0.05) is 56.4 Å². The zero-order valence-electron chi connectivity index (χ0n) is 21.6. The van der Waals surface area contributed by atoms with Crippen LogP contribution in [0.2, 0.25) is 0 Å². The van der Waals surface area contributed by atoms with E-state index in [2.05, 4.69) is 0 Å². The first-order valence-corrected chi connectivity index (χ1v) is 12.3. The predicted octanol–water partition coefficient (Wildman–Crippen LogP) is 6.80. The van der Waals surface area contributed by atoms with Gasteiger partial charge in [-0.3, -0.25) is 4.79 Å². The monoisotopic (exact) mass is 492 g/mol. The third-order valence-electron chi connectivity index (χ3n) is 6.50. The fourth-order valence-corrected chi connectivity index (χ4v) is 4.47. The summed E-state index contributed by atoms with van der Waals surface area (Å²) in [4.78, 5) is 13.3. The Morgan fingerprint density at radius 1 is 0.778 bits per heavy atom. The van der Waals surface area contributed by atoms with Crippen LogP contribution in [0.3, 0.4) is 0 Å². The van der Waals surface area contributed by atoms with Crippen molar-refractivity contribution in [2.75, 3.05) is 28.4 Å². The maximum Gasteiger partial charge on any atom is 0.185 e. The van der Waals surface area contributed by atoms with Crippen LogP contribution in [0.4, 0.5) is 0 Å². The molecule has 1 saturated carbocycles. The lowest BCUT2D eigenvalue weighted by molar-refractivity contribution is -0.111. The molecule has 36 heavy (non-hydrogen) atoms. The Balaban J connectivity index is 1.87. The number of carbonyl (C=O) groups is 1. The van der Waals surface area contributed by atoms with Crippen LogP contribution in [0.25, 0.3) is 12.2 Å². The van der Waals surface area contributed by atoms with Gasteiger partial charge < -0.3 is 24.1 Å². The van der Waals surface area contributed by atoms with Crippen LogP contribution in [0.5, 0.6) is 23.0 Å². The first-order chi connectivity index (χ1) is 17.5. The number of ether oxygens (including phenoxy) is 4. The van der Waals surface area contributed by atoms with E-state index in [4.69, 9.17) is 18.9 Å². The van der Waals surface area contributed by atoms with Crippen LogP contribution >= 0.6 is 0 Å². The van der Waals surface area contributed by atoms with Gasteiger partial charge in [0.1, 0.15) is 5.76 Å². The third-order valence-corrected chi connectivity index (χ3v) is 6.50. The largest absolute Gasteiger partial charge is 0.508 e. The molecule has 0 unspecified atom stereocenters. The van der Waals surface area contributed by atoms with Gasteiger partial charge in [0, 0.05) is 5.57 Å². The summed E-state index contributed by atoms with van der Waals surface area (Å²) in [6.07, 6.45) is 12.9. The minimum atomic E-state index is -0.204. The van der Waals surface area contributed by atoms with Crippen molar-refractivity contribution < 1.29 is 28.8 Å². The number of aliphatic hydroxyl groups excluding tert-OH is 1. The van der Waals surface area contributed by atoms with E-state index in [-0.39, 0.29) is 11.5 Å². The van der Waals surface area contributed by atoms with Crippen molar-refractivity contribution in [3.05, 3.63) is 71.0 Å². The highest BCUT2D eigenvalue weighted by molar-refractivity contribution is 6.07. The maximum absolute atomic E-state index is 13.3. The zero-order valence-corrected chi connectivity index (χ0v) is 21.6. The molecule has 0 saturated heterocycles. The molecule has 0 atom stereocenters. The van der Waals surface area contributed by atoms with E-state index < -0.39 is 0 Å². The van der Waals surface area contributed by atoms with Crippen molar-refractivity contribution in [1.29, 1.82) is 0 Å². The van der Waals surface area contributed by atoms with E-state index in [0.29, 0.717) is 40.9 Å². The van der Waals surface area contributed by atoms with Crippen LogP contribution in [0.15, 0.2) is 59.9 Å². The maximum atomic E-state index is 13.3. The van der Waals surface area contributed by atoms with Gasteiger partial charge >= 0.3 is 0 Å². The van der Waals surface area contributed by atoms with Crippen LogP contribution in [-0.4, -0.2) is 39.3 Å². The third kappa shape index (κ3) is 7.17. The second-order valence-electron chi connectivity index (χ2n) is 8.83. The summed E-state index contributed by atoms with van der Waals surface area (Å²) in [7, 11) is 6.32. The van der Waals surface area contributed by atoms with Gasteiger partial charge in [0.2, 0.25) is 0 Å². The van der Waals surface area contributed by atoms with Crippen LogP contribution in [0, 0.1) is 5.92 Å². The molecule has 0 heterocycles. The highest BCUT2D eigenvalue weighted by Crippen LogP contribution is 2.32. The van der Waals surface area contributed by atoms with Gasteiger partial charge in [0.05, 0.1) is 28.4 Å². The fourth-order valence-electron chi connectivity index (χ4n) is 4.47. The molecule has 192 valence electrons. The second kappa shape index (κ2) is 13.4. The number of hydrogen-bond donors (Lipinski definition) is 1. The molecular weight excluding hydrogens is 456 g/mol. The number of methoxy groups -OCH3 is 4. The molecular formula is C30H36O6. The topological polar surface area (TPSA) is 74.2 Å². The Kier molecular flexibility index (Phi) is 10.0. The molecule has 0 bridgehead atoms. The van der Waals surface area contributed by atoms with Gasteiger partial charge in [-0.05, 0) is 59.9 Å². The first-order valence-electron chi connectivity index (χ1n) is 12.3. The normalized spacial score (nSPS) is 15.1. The Bertz CT molecular complexity index is 1120. The predicted molar refractivity (Wildman–Crippen MR) is 143 cm³/mol. The van der Waals surface area contributed by atoms with Gasteiger partial charge in [0.15, 0.2) is 28.8 Å². The Hall–Kier alpha value is -3.67. The highest BCUT2D eigenvalue weighted by atomic mass is 16.5. The molecule has 2 aromatic carbocycles. The molecule has 0 radical (unpaired) electrons. The Morgan fingerprint density at radius 3 is 1.78 bits per heavy atom. The number of ketones is 1. The number of rotatable bonds is 11. The number of benzene rings is 2. The zero-order chi connectivity index (χ0) is 25.9. The highest BCUT2D eigenvalue weighted by Gasteiger charge is 2.20. The van der Waals surface area contributed by atoms with Crippen molar-refractivity contribution in [3.8, 4) is 23.0 Å². The summed E-state index contributed by atoms with van der Waals surface area (Å²) in [6, 6.07) is 11.0. The van der Waals surface area contributed by atoms with Crippen LogP contribution in [0.1, 0.15) is 49.7 Å². The van der Waals surface area contributed by atoms with Crippen molar-refractivity contribution in [2.45, 2.75) is 38.5 Å². The lowest BCUT2D eigenvalue weighted by Crippen LogP contribution is -2.12. The molecule has 0 amide bonds. The quantitative estimate of drug-likeness (QED) is 0.211. The second-order valence-corrected chi connectivity index (χ2v) is 8.83. The minimum absolute atomic E-state index is 0.0164. The van der Waals surface area contributed by atoms with Crippen LogP contribution in [-0.2, 0) is 4.79 Å². The SMILES string of the molecule is COc1ccc(/C=C/C(=O)/C(CC2CCCCC2)=C(O)/C=C/c2ccc(OC)c(OC)c2)cc1OC. The van der Waals surface area contributed by atoms with Crippen molar-refractivity contribution in [3.63, 3.8) is 0 Å². The molecule has 2 aromatic rings. The summed E-state index contributed by atoms with van der Waals surface area (Å²) in [5, 5.41) is 11.0. The standard InChI is InChI=1S/C30H36O6/c1-33-27-16-12-22(19-29(27)35-3)10-14-25(31)24(18-21-8-6-5-7-9-21)26(32)15-11-23-13-17-28(34-2)30(20-23)36-4/h10-17,19-21,31H,5-9,18H2,1-4H3/b14-10+,15-11+,25-24-. The van der Waals surface area contributed by atoms with Crippen molar-refractivity contribution in [1.82, 2.24) is 0 Å². The van der Waals surface area contributed by atoms with E-state index in [1.165, 1.54) is 12.5 Å². The molecule has 1 aliphatic rings. The van der Waals surface area contributed by atoms with Gasteiger partial charge in [-0.2, -0.15) is 0 Å². The molecule has 0 aromatic heterocycles. The lowest BCUT2D eigenvalue weighted by atomic mass is 9.83. The summed E-state index contributed by atoms with van der Waals surface area (Å²) in [6.45, 7) is 0. The summed E-state index contributed by atoms with van der Waals surface area (Å²) in [5.74, 6) is 2.61. The first kappa shape index (κ1) is 26.9. The molecule has 0 aliphatic heterocycles. The Morgan fingerprint density at radius 2 is 1.28 bits per heavy atom. The Labute approximate surface area is 213 Å². The molecule has 6 heteroatoms. The summed E-state index contributed by atoms with van der Waals surface area (Å²) >= 11 is 0. The minimum Gasteiger partial charge on any atom is -0.508 e. The molecule has 0 spiro atoms. The average Bonchev–Trinajstić information content (AvgIpc) is 2.93. The molecule has 1 N–H and O–H groups in total. The average molecular weight is 493 g/mol. The van der Waals surface area contributed by atoms with Gasteiger partial charge in [0.25, 0.3) is 0 Å². The lowest BCUT2D eigenvalue weighted by Gasteiger charge is -2.22. The number of carbonyl (C=O) groups excluding carboxylic acids is 1. The number of hydrogen-bond acceptors (Lipinski definition) is 6. The van der Waals surface area contributed by atoms with Crippen LogP contribution < -0.4 is 18.9 Å². The van der Waals surface area contributed by atoms with Crippen molar-refractivity contribution in [2.24, 2.45) is 5.92 Å². The molecule has 1 aliphatic carbocycles. The fraction of sp³-hybridized carbons (Fsp3) is 0.367. The van der Waals surface area contributed by atoms with E-state index in [1.807, 2.05) is 24.3 Å². The molecule has 3 rings (SSSR count). The van der Waals surface area contributed by atoms with Gasteiger partial charge in [-0.25, -0.2) is 0 Å². The van der Waals surface area contributed by atoms with Gasteiger partial charge in [-0.15, -0.1) is 0 Å². The van der Waals surface area contributed by atoms with E-state index in [1.54, 1.807) is 58.8 Å². The smallest absolute Gasteiger partial charge is 0.185 e. The van der Waals surface area contributed by atoms with E-state index in [0.717, 1.165) is 36.8 Å². The summed E-state index contributed by atoms with van der Waals surface area (Å²) < 4.78 is 21.3. The van der Waals surface area contributed by atoms with E-state index in [9.17, 15) is 9.90 Å². The van der Waals surface area contributed by atoms with Crippen molar-refractivity contribution >= 4 is 17.9 Å². The molecule has 6 nitrogen and oxygen atoms in total. The summed E-state index contributed by atoms with van der Waals surface area (Å²) in [5.41, 5.74) is 2.05. The number of aliphatic hydroxyl groups is 1. The number of allylic oxidation sites excluding steroid dienone is 3. The molecule has 1 fully saturated rings.